The Bertz CT molecular complexity index is 7930. The van der Waals surface area contributed by atoms with Gasteiger partial charge >= 0.3 is 6.18 Å². The Morgan fingerprint density at radius 2 is 0.739 bits per heavy atom. The lowest BCUT2D eigenvalue weighted by Gasteiger charge is -2.26. The number of piperidine rings is 1. The standard InChI is InChI=1S/C18H25N3O.C11H9F3N2O.C11H13N3O.C11H12N2O2.C10H9BrN2O.2C10H9ClN2O.C10H9FN2O.C10H10N2O/c1-20-13-8-15-14-16(6-7-17(15)18(20)22)19-9-5-12-21-10-3-2-4-11-21;1-6-15-9-4-3-7(11(12,13)14)5-8(9)10(17)16(6)2;1-7-13-10-6-8(12-2)4-5-9(10)11(15)14(7)3;1-7-12-10-6-8(15-3)4-5-9(10)11(14)13(7)2;2*1-6-12-9-4-3-7(11)5-8(9)10(14)13(6)2;1-6-12-9-5-7(11)3-4-8(9)10(14)13(6)2;1-6-12-9-4-3-7(11)5-8(9)10(14)13(6)2;1-7-11-9-6-4-3-5-8(9)10(13)12(7)2/h6-8,13-14,19H,2-5,9-12H2,1H3;3-5H,1-2H3;4-6,12H,1-3H3;4-6H,1-3H3;4*3-5H,1-2H3;3-6H,1-2H3. The molecular weight excluding hydrogens is 1880 g/mol. The number of aryl methyl sites for hydroxylation is 9. The van der Waals surface area contributed by atoms with Gasteiger partial charge in [0.2, 0.25) is 0 Å². The van der Waals surface area contributed by atoms with Gasteiger partial charge in [0.05, 0.1) is 99.9 Å². The summed E-state index contributed by atoms with van der Waals surface area (Å²) in [6.07, 6.45) is 2.63. The van der Waals surface area contributed by atoms with Crippen molar-refractivity contribution in [3.63, 3.8) is 0 Å². The Labute approximate surface area is 806 Å². The van der Waals surface area contributed by atoms with Crippen LogP contribution in [-0.4, -0.2) is 126 Å². The Balaban J connectivity index is 0.000000149. The van der Waals surface area contributed by atoms with Gasteiger partial charge in [-0.3, -0.25) is 79.7 Å². The number of nitrogens with one attached hydrogen (secondary N) is 2. The van der Waals surface area contributed by atoms with Crippen molar-refractivity contribution < 1.29 is 22.3 Å². The highest BCUT2D eigenvalue weighted by atomic mass is 79.9. The number of ether oxygens (including phenoxy) is 1. The second-order valence-electron chi connectivity index (χ2n) is 32.7. The van der Waals surface area contributed by atoms with Crippen LogP contribution < -0.4 is 65.4 Å². The number of rotatable bonds is 7. The Morgan fingerprint density at radius 3 is 1.22 bits per heavy atom. The van der Waals surface area contributed by atoms with Crippen LogP contribution in [0.2, 0.25) is 10.0 Å². The predicted molar refractivity (Wildman–Crippen MR) is 545 cm³/mol. The van der Waals surface area contributed by atoms with Gasteiger partial charge in [-0.25, -0.2) is 44.3 Å². The molecule has 0 bridgehead atoms. The van der Waals surface area contributed by atoms with Crippen molar-refractivity contribution in [3.8, 4) is 5.75 Å². The van der Waals surface area contributed by atoms with E-state index in [9.17, 15) is 60.7 Å². The highest BCUT2D eigenvalue weighted by Crippen LogP contribution is 2.31. The molecule has 0 atom stereocenters. The predicted octanol–water partition coefficient (Wildman–Crippen LogP) is 16.0. The zero-order chi connectivity index (χ0) is 101. The molecule has 30 nitrogen and oxygen atoms in total. The van der Waals surface area contributed by atoms with Crippen LogP contribution in [0.1, 0.15) is 77.8 Å². The highest BCUT2D eigenvalue weighted by molar-refractivity contribution is 9.10. The van der Waals surface area contributed by atoms with Gasteiger partial charge in [0, 0.05) is 121 Å². The van der Waals surface area contributed by atoms with E-state index in [0.717, 1.165) is 85.7 Å². The number of anilines is 2. The molecule has 1 aliphatic heterocycles. The summed E-state index contributed by atoms with van der Waals surface area (Å²) in [4.78, 5) is 143. The molecule has 0 aliphatic carbocycles. The van der Waals surface area contributed by atoms with Crippen LogP contribution in [0.25, 0.3) is 98.0 Å². The first-order valence-electron chi connectivity index (χ1n) is 43.6. The number of hydrogen-bond acceptors (Lipinski definition) is 21. The molecular formula is C101H105BrCl2F4N20O10. The summed E-state index contributed by atoms with van der Waals surface area (Å²) in [5.41, 5.74) is 5.55. The van der Waals surface area contributed by atoms with Crippen molar-refractivity contribution in [2.75, 3.05) is 51.0 Å². The van der Waals surface area contributed by atoms with Crippen molar-refractivity contribution in [1.82, 2.24) is 85.9 Å². The smallest absolute Gasteiger partial charge is 0.416 e. The summed E-state index contributed by atoms with van der Waals surface area (Å²) in [5.74, 6) is 5.64. The Morgan fingerprint density at radius 1 is 0.370 bits per heavy atom. The molecule has 9 aromatic carbocycles. The maximum Gasteiger partial charge on any atom is 0.416 e. The molecule has 0 unspecified atom stereocenters. The van der Waals surface area contributed by atoms with E-state index in [4.69, 9.17) is 27.9 Å². The zero-order valence-electron chi connectivity index (χ0n) is 79.8. The normalized spacial score (nSPS) is 11.7. The van der Waals surface area contributed by atoms with Crippen LogP contribution in [-0.2, 0) is 69.6 Å². The molecule has 10 heterocycles. The average Bonchev–Trinajstić information content (AvgIpc) is 0.775. The minimum Gasteiger partial charge on any atom is -0.497 e. The van der Waals surface area contributed by atoms with E-state index in [0.29, 0.717) is 105 Å². The van der Waals surface area contributed by atoms with Crippen LogP contribution in [0.15, 0.2) is 230 Å². The van der Waals surface area contributed by atoms with Gasteiger partial charge in [-0.2, -0.15) is 13.2 Å². The number of fused-ring (bicyclic) bond motifs is 9. The van der Waals surface area contributed by atoms with Crippen LogP contribution in [0.3, 0.4) is 0 Å². The molecule has 37 heteroatoms. The maximum absolute atomic E-state index is 12.9. The number of nitrogens with zero attached hydrogens (tertiary/aromatic N) is 18. The lowest BCUT2D eigenvalue weighted by atomic mass is 10.1. The summed E-state index contributed by atoms with van der Waals surface area (Å²) in [6, 6.07) is 48.9. The van der Waals surface area contributed by atoms with E-state index in [-0.39, 0.29) is 55.4 Å². The average molecular weight is 1990 g/mol. The third-order valence-electron chi connectivity index (χ3n) is 23.5. The number of benzene rings is 9. The number of alkyl halides is 3. The molecule has 1 aliphatic rings. The molecule has 718 valence electrons. The Hall–Kier alpha value is -14.6. The van der Waals surface area contributed by atoms with Gasteiger partial charge < -0.3 is 24.8 Å². The number of pyridine rings is 1. The molecule has 0 saturated carbocycles. The number of methoxy groups -OCH3 is 1. The van der Waals surface area contributed by atoms with E-state index in [1.54, 1.807) is 189 Å². The molecule has 0 radical (unpaired) electrons. The molecule has 9 aromatic heterocycles. The van der Waals surface area contributed by atoms with Gasteiger partial charge in [-0.15, -0.1) is 0 Å². The quantitative estimate of drug-likeness (QED) is 0.111. The highest BCUT2D eigenvalue weighted by Gasteiger charge is 2.31. The lowest BCUT2D eigenvalue weighted by molar-refractivity contribution is -0.137. The number of para-hydroxylation sites is 1. The molecule has 18 aromatic rings. The first kappa shape index (κ1) is 104. The molecule has 0 spiro atoms. The number of likely N-dealkylation sites (tertiary alicyclic amines) is 1. The first-order chi connectivity index (χ1) is 65.4. The number of hydrogen-bond donors (Lipinski definition) is 2. The lowest BCUT2D eigenvalue weighted by Crippen LogP contribution is -2.31. The molecule has 138 heavy (non-hydrogen) atoms. The summed E-state index contributed by atoms with van der Waals surface area (Å²) in [5, 5.41) is 13.5. The third-order valence-corrected chi connectivity index (χ3v) is 24.4. The van der Waals surface area contributed by atoms with E-state index >= 15 is 0 Å². The first-order valence-corrected chi connectivity index (χ1v) is 45.1. The van der Waals surface area contributed by atoms with Crippen molar-refractivity contribution in [1.29, 1.82) is 0 Å². The Kier molecular flexibility index (Phi) is 34.2. The van der Waals surface area contributed by atoms with Crippen molar-refractivity contribution in [3.05, 3.63) is 348 Å². The second-order valence-corrected chi connectivity index (χ2v) is 34.4. The zero-order valence-corrected chi connectivity index (χ0v) is 82.9. The fourth-order valence-corrected chi connectivity index (χ4v) is 15.2. The van der Waals surface area contributed by atoms with E-state index in [2.05, 4.69) is 77.4 Å². The van der Waals surface area contributed by atoms with Gasteiger partial charge in [0.15, 0.2) is 0 Å². The van der Waals surface area contributed by atoms with Crippen molar-refractivity contribution >= 4 is 149 Å². The molecule has 1 saturated heterocycles. The monoisotopic (exact) mass is 1980 g/mol. The summed E-state index contributed by atoms with van der Waals surface area (Å²) in [7, 11) is 18.6. The summed E-state index contributed by atoms with van der Waals surface area (Å²) < 4.78 is 69.8. The van der Waals surface area contributed by atoms with Crippen molar-refractivity contribution in [2.45, 2.75) is 87.2 Å². The molecule has 1 fully saturated rings. The molecule has 0 amide bonds. The third kappa shape index (κ3) is 24.8. The van der Waals surface area contributed by atoms with Gasteiger partial charge in [-0.05, 0) is 257 Å². The minimum absolute atomic E-state index is 0.000142. The molecule has 19 rings (SSSR count). The summed E-state index contributed by atoms with van der Waals surface area (Å²) >= 11 is 15.0. The van der Waals surface area contributed by atoms with Gasteiger partial charge in [0.25, 0.3) is 50.0 Å². The van der Waals surface area contributed by atoms with E-state index < -0.39 is 23.1 Å². The number of aromatic nitrogens is 17. The molecule has 2 N–H and O–H groups in total. The van der Waals surface area contributed by atoms with Crippen LogP contribution in [0.4, 0.5) is 28.9 Å². The van der Waals surface area contributed by atoms with Gasteiger partial charge in [0.1, 0.15) is 58.2 Å². The van der Waals surface area contributed by atoms with E-state index in [1.165, 1.54) is 93.0 Å². The summed E-state index contributed by atoms with van der Waals surface area (Å²) in [6.45, 7) is 18.9. The second kappa shape index (κ2) is 45.4. The largest absolute Gasteiger partial charge is 0.497 e. The topological polar surface area (TPSA) is 338 Å². The van der Waals surface area contributed by atoms with Gasteiger partial charge in [-0.1, -0.05) is 57.7 Å². The maximum atomic E-state index is 12.9. The fourth-order valence-electron chi connectivity index (χ4n) is 14.5. The number of halogens is 7. The SMILES string of the molecule is CNc1ccc2c(=O)n(C)c(C)nc2c1.COc1ccc2c(=O)n(C)c(C)nc2c1.Cc1nc2cc(Cl)ccc2c(=O)n1C.Cc1nc2ccc(Br)cc2c(=O)n1C.Cc1nc2ccc(C(F)(F)F)cc2c(=O)n1C.Cc1nc2ccc(Cl)cc2c(=O)n1C.Cc1nc2ccc(F)cc2c(=O)n1C.Cc1nc2ccccc2c(=O)n1C.Cn1ccc2cc(NCCCN3CCCCC3)ccc2c1=O. The fraction of sp³-hybridized carbons (Fsp3) is 0.277. The van der Waals surface area contributed by atoms with Crippen LogP contribution in [0.5, 0.6) is 5.75 Å². The van der Waals surface area contributed by atoms with Crippen molar-refractivity contribution in [2.24, 2.45) is 63.4 Å². The van der Waals surface area contributed by atoms with Crippen LogP contribution >= 0.6 is 39.1 Å². The van der Waals surface area contributed by atoms with E-state index in [1.807, 2.05) is 94.7 Å². The minimum atomic E-state index is -4.45. The van der Waals surface area contributed by atoms with Crippen LogP contribution in [0, 0.1) is 61.2 Å².